The van der Waals surface area contributed by atoms with Crippen LogP contribution in [0.25, 0.3) is 5.57 Å². The summed E-state index contributed by atoms with van der Waals surface area (Å²) in [7, 11) is 3.55. The summed E-state index contributed by atoms with van der Waals surface area (Å²) in [6, 6.07) is 8.27. The fourth-order valence-corrected chi connectivity index (χ4v) is 4.05. The average Bonchev–Trinajstić information content (AvgIpc) is 3.00. The second-order valence-electron chi connectivity index (χ2n) is 6.30. The highest BCUT2D eigenvalue weighted by atomic mass is 127. The first-order chi connectivity index (χ1) is 12.6. The van der Waals surface area contributed by atoms with Crippen molar-refractivity contribution in [2.45, 2.75) is 26.8 Å². The molecule has 1 aliphatic heterocycles. The first-order valence-electron chi connectivity index (χ1n) is 8.82. The molecule has 0 saturated carbocycles. The van der Waals surface area contributed by atoms with Gasteiger partial charge >= 0.3 is 0 Å². The van der Waals surface area contributed by atoms with Crippen molar-refractivity contribution in [3.63, 3.8) is 0 Å². The van der Waals surface area contributed by atoms with Gasteiger partial charge in [-0.05, 0) is 43.5 Å². The summed E-state index contributed by atoms with van der Waals surface area (Å²) in [6.07, 6.45) is 3.28. The average molecular weight is 498 g/mol. The van der Waals surface area contributed by atoms with Gasteiger partial charge in [-0.2, -0.15) is 0 Å². The van der Waals surface area contributed by atoms with E-state index in [2.05, 4.69) is 45.3 Å². The molecular weight excluding hydrogens is 471 g/mol. The van der Waals surface area contributed by atoms with Gasteiger partial charge in [-0.15, -0.1) is 35.3 Å². The minimum atomic E-state index is 0. The molecule has 0 unspecified atom stereocenters. The normalized spacial score (nSPS) is 14.4. The van der Waals surface area contributed by atoms with Gasteiger partial charge in [-0.3, -0.25) is 4.99 Å². The largest absolute Gasteiger partial charge is 0.497 e. The third-order valence-electron chi connectivity index (χ3n) is 4.57. The van der Waals surface area contributed by atoms with E-state index in [0.29, 0.717) is 0 Å². The Balaban J connectivity index is 0.00000261. The van der Waals surface area contributed by atoms with E-state index >= 15 is 0 Å². The van der Waals surface area contributed by atoms with E-state index in [1.807, 2.05) is 26.1 Å². The number of hydrogen-bond acceptors (Lipinski definition) is 4. The number of guanidine groups is 1. The van der Waals surface area contributed by atoms with Crippen LogP contribution in [0, 0.1) is 13.8 Å². The monoisotopic (exact) mass is 498 g/mol. The highest BCUT2D eigenvalue weighted by Crippen LogP contribution is 2.25. The van der Waals surface area contributed by atoms with Gasteiger partial charge in [0.2, 0.25) is 0 Å². The Hall–Kier alpha value is -1.61. The summed E-state index contributed by atoms with van der Waals surface area (Å²) in [5.74, 6) is 1.84. The van der Waals surface area contributed by atoms with E-state index in [1.165, 1.54) is 16.0 Å². The molecule has 0 spiro atoms. The number of hydrogen-bond donors (Lipinski definition) is 1. The van der Waals surface area contributed by atoms with Gasteiger partial charge < -0.3 is 15.0 Å². The molecular formula is C20H27IN4OS. The van der Waals surface area contributed by atoms with Crippen molar-refractivity contribution in [3.8, 4) is 5.75 Å². The van der Waals surface area contributed by atoms with Crippen molar-refractivity contribution in [2.24, 2.45) is 4.99 Å². The van der Waals surface area contributed by atoms with E-state index in [0.717, 1.165) is 48.5 Å². The quantitative estimate of drug-likeness (QED) is 0.389. The van der Waals surface area contributed by atoms with Crippen LogP contribution in [-0.2, 0) is 6.54 Å². The molecule has 0 bridgehead atoms. The van der Waals surface area contributed by atoms with Crippen LogP contribution < -0.4 is 10.1 Å². The van der Waals surface area contributed by atoms with E-state index in [9.17, 15) is 0 Å². The molecule has 1 N–H and O–H groups in total. The van der Waals surface area contributed by atoms with Crippen LogP contribution >= 0.6 is 35.3 Å². The van der Waals surface area contributed by atoms with Gasteiger partial charge in [-0.25, -0.2) is 4.98 Å². The molecule has 1 aliphatic rings. The van der Waals surface area contributed by atoms with Gasteiger partial charge in [0, 0.05) is 25.0 Å². The topological polar surface area (TPSA) is 49.8 Å². The Morgan fingerprint density at radius 2 is 2.19 bits per heavy atom. The zero-order valence-electron chi connectivity index (χ0n) is 16.3. The number of ether oxygens (including phenoxy) is 1. The van der Waals surface area contributed by atoms with Crippen LogP contribution in [0.5, 0.6) is 5.75 Å². The van der Waals surface area contributed by atoms with E-state index in [-0.39, 0.29) is 24.0 Å². The predicted octanol–water partition coefficient (Wildman–Crippen LogP) is 4.25. The van der Waals surface area contributed by atoms with Crippen LogP contribution in [0.2, 0.25) is 0 Å². The van der Waals surface area contributed by atoms with Crippen LogP contribution in [0.15, 0.2) is 35.3 Å². The van der Waals surface area contributed by atoms with Crippen molar-refractivity contribution in [2.75, 3.05) is 27.2 Å². The molecule has 27 heavy (non-hydrogen) atoms. The first-order valence-corrected chi connectivity index (χ1v) is 9.64. The van der Waals surface area contributed by atoms with Crippen molar-refractivity contribution in [1.82, 2.24) is 15.2 Å². The summed E-state index contributed by atoms with van der Waals surface area (Å²) >= 11 is 1.74. The molecule has 0 radical (unpaired) electrons. The van der Waals surface area contributed by atoms with Crippen LogP contribution in [0.4, 0.5) is 0 Å². The van der Waals surface area contributed by atoms with Crippen LogP contribution in [-0.4, -0.2) is 43.1 Å². The minimum Gasteiger partial charge on any atom is -0.497 e. The third kappa shape index (κ3) is 5.44. The van der Waals surface area contributed by atoms with Crippen molar-refractivity contribution in [3.05, 3.63) is 51.5 Å². The fraction of sp³-hybridized carbons (Fsp3) is 0.400. The maximum atomic E-state index is 5.34. The summed E-state index contributed by atoms with van der Waals surface area (Å²) in [5, 5.41) is 4.59. The van der Waals surface area contributed by atoms with Crippen molar-refractivity contribution < 1.29 is 4.74 Å². The molecule has 146 valence electrons. The number of nitrogens with one attached hydrogen (secondary N) is 1. The number of nitrogens with zero attached hydrogens (tertiary/aromatic N) is 3. The lowest BCUT2D eigenvalue weighted by molar-refractivity contribution is 0.414. The number of halogens is 1. The Kier molecular flexibility index (Phi) is 8.09. The van der Waals surface area contributed by atoms with E-state index < -0.39 is 0 Å². The number of aliphatic imine (C=N–C) groups is 1. The molecule has 0 fully saturated rings. The number of aryl methyl sites for hydroxylation is 2. The first kappa shape index (κ1) is 21.7. The van der Waals surface area contributed by atoms with Gasteiger partial charge in [-0.1, -0.05) is 18.2 Å². The minimum absolute atomic E-state index is 0. The lowest BCUT2D eigenvalue weighted by Gasteiger charge is -2.29. The van der Waals surface area contributed by atoms with E-state index in [1.54, 1.807) is 18.4 Å². The Morgan fingerprint density at radius 1 is 1.37 bits per heavy atom. The van der Waals surface area contributed by atoms with E-state index in [4.69, 9.17) is 4.74 Å². The summed E-state index contributed by atoms with van der Waals surface area (Å²) in [5.41, 5.74) is 3.71. The summed E-state index contributed by atoms with van der Waals surface area (Å²) < 4.78 is 5.34. The zero-order valence-corrected chi connectivity index (χ0v) is 19.4. The zero-order chi connectivity index (χ0) is 18.5. The molecule has 0 aliphatic carbocycles. The molecule has 1 aromatic heterocycles. The molecule has 0 amide bonds. The highest BCUT2D eigenvalue weighted by Gasteiger charge is 2.17. The van der Waals surface area contributed by atoms with Gasteiger partial charge in [0.05, 0.1) is 24.4 Å². The molecule has 7 heteroatoms. The second-order valence-corrected chi connectivity index (χ2v) is 7.59. The molecule has 3 rings (SSSR count). The molecule has 0 saturated heterocycles. The molecule has 0 atom stereocenters. The maximum absolute atomic E-state index is 5.34. The summed E-state index contributed by atoms with van der Waals surface area (Å²) in [6.45, 7) is 6.68. The van der Waals surface area contributed by atoms with Crippen LogP contribution in [0.3, 0.4) is 0 Å². The van der Waals surface area contributed by atoms with Gasteiger partial charge in [0.25, 0.3) is 0 Å². The fourth-order valence-electron chi connectivity index (χ4n) is 3.18. The smallest absolute Gasteiger partial charge is 0.194 e. The SMILES string of the molecule is CN=C(NCc1sc(C)nc1C)N1CC=C(c2cccc(OC)c2)CC1.I. The lowest BCUT2D eigenvalue weighted by Crippen LogP contribution is -2.43. The molecule has 2 heterocycles. The Morgan fingerprint density at radius 3 is 2.78 bits per heavy atom. The van der Waals surface area contributed by atoms with Crippen molar-refractivity contribution in [1.29, 1.82) is 0 Å². The number of aromatic nitrogens is 1. The molecule has 2 aromatic rings. The molecule has 5 nitrogen and oxygen atoms in total. The standard InChI is InChI=1S/C20H26N4OS.HI/c1-14-19(26-15(2)23-14)13-22-20(21-3)24-10-8-16(9-11-24)17-6-5-7-18(12-17)25-4;/h5-8,12H,9-11,13H2,1-4H3,(H,21,22);1H. The second kappa shape index (κ2) is 10.1. The third-order valence-corrected chi connectivity index (χ3v) is 5.64. The summed E-state index contributed by atoms with van der Waals surface area (Å²) in [4.78, 5) is 12.5. The van der Waals surface area contributed by atoms with Gasteiger partial charge in [0.1, 0.15) is 5.75 Å². The number of thiazole rings is 1. The number of benzene rings is 1. The number of methoxy groups -OCH3 is 1. The maximum Gasteiger partial charge on any atom is 0.194 e. The molecule has 1 aromatic carbocycles. The Bertz CT molecular complexity index is 831. The lowest BCUT2D eigenvalue weighted by atomic mass is 9.99. The number of rotatable bonds is 4. The Labute approximate surface area is 182 Å². The highest BCUT2D eigenvalue weighted by molar-refractivity contribution is 14.0. The van der Waals surface area contributed by atoms with Gasteiger partial charge in [0.15, 0.2) is 5.96 Å². The predicted molar refractivity (Wildman–Crippen MR) is 124 cm³/mol. The van der Waals surface area contributed by atoms with Crippen LogP contribution in [0.1, 0.15) is 27.6 Å². The van der Waals surface area contributed by atoms with Crippen molar-refractivity contribution >= 4 is 46.8 Å².